The molecular weight excluding hydrogens is 332 g/mol. The van der Waals surface area contributed by atoms with E-state index in [4.69, 9.17) is 11.6 Å². The molecule has 24 heavy (non-hydrogen) atoms. The maximum absolute atomic E-state index is 12.3. The van der Waals surface area contributed by atoms with Gasteiger partial charge in [0.25, 0.3) is 17.4 Å². The predicted octanol–water partition coefficient (Wildman–Crippen LogP) is 1.42. The van der Waals surface area contributed by atoms with Gasteiger partial charge < -0.3 is 0 Å². The van der Waals surface area contributed by atoms with E-state index >= 15 is 0 Å². The molecule has 2 heterocycles. The van der Waals surface area contributed by atoms with Gasteiger partial charge in [-0.25, -0.2) is 4.98 Å². The van der Waals surface area contributed by atoms with Crippen LogP contribution in [0.25, 0.3) is 5.65 Å². The topological polar surface area (TPSA) is 92.6 Å². The third-order valence-electron chi connectivity index (χ3n) is 3.27. The van der Waals surface area contributed by atoms with Gasteiger partial charge in [-0.1, -0.05) is 29.8 Å². The van der Waals surface area contributed by atoms with E-state index in [2.05, 4.69) is 15.8 Å². The van der Waals surface area contributed by atoms with Crippen molar-refractivity contribution in [2.75, 3.05) is 0 Å². The first-order valence-corrected chi connectivity index (χ1v) is 7.27. The van der Waals surface area contributed by atoms with Crippen molar-refractivity contribution in [3.05, 3.63) is 81.4 Å². The van der Waals surface area contributed by atoms with E-state index in [1.165, 1.54) is 16.7 Å². The Morgan fingerprint density at radius 2 is 1.62 bits per heavy atom. The van der Waals surface area contributed by atoms with Crippen molar-refractivity contribution in [2.45, 2.75) is 0 Å². The van der Waals surface area contributed by atoms with Gasteiger partial charge in [0.1, 0.15) is 11.2 Å². The van der Waals surface area contributed by atoms with E-state index in [0.717, 1.165) is 6.20 Å². The van der Waals surface area contributed by atoms with E-state index in [-0.39, 0.29) is 16.1 Å². The zero-order valence-corrected chi connectivity index (χ0v) is 12.9. The van der Waals surface area contributed by atoms with Gasteiger partial charge in [-0.2, -0.15) is 0 Å². The van der Waals surface area contributed by atoms with Crippen molar-refractivity contribution in [1.29, 1.82) is 0 Å². The fourth-order valence-corrected chi connectivity index (χ4v) is 2.30. The number of hydrogen-bond donors (Lipinski definition) is 2. The van der Waals surface area contributed by atoms with E-state index in [1.54, 1.807) is 36.4 Å². The Balaban J connectivity index is 1.79. The Morgan fingerprint density at radius 1 is 0.958 bits per heavy atom. The molecule has 2 N–H and O–H groups in total. The molecule has 0 aliphatic carbocycles. The van der Waals surface area contributed by atoms with Crippen LogP contribution in [-0.2, 0) is 0 Å². The van der Waals surface area contributed by atoms with Crippen molar-refractivity contribution in [2.24, 2.45) is 0 Å². The van der Waals surface area contributed by atoms with Crippen molar-refractivity contribution in [1.82, 2.24) is 20.2 Å². The molecule has 8 heteroatoms. The summed E-state index contributed by atoms with van der Waals surface area (Å²) in [5, 5.41) is 0.247. The van der Waals surface area contributed by atoms with Gasteiger partial charge in [0, 0.05) is 12.4 Å². The highest BCUT2D eigenvalue weighted by Gasteiger charge is 2.15. The summed E-state index contributed by atoms with van der Waals surface area (Å²) in [5.74, 6) is -1.37. The Kier molecular flexibility index (Phi) is 4.26. The number of rotatable bonds is 2. The molecule has 1 aromatic carbocycles. The van der Waals surface area contributed by atoms with Crippen molar-refractivity contribution >= 4 is 29.1 Å². The van der Waals surface area contributed by atoms with Gasteiger partial charge in [-0.3, -0.25) is 29.6 Å². The van der Waals surface area contributed by atoms with Gasteiger partial charge in [0.15, 0.2) is 0 Å². The third-order valence-corrected chi connectivity index (χ3v) is 3.60. The number of aromatic nitrogens is 2. The van der Waals surface area contributed by atoms with Crippen LogP contribution in [0.5, 0.6) is 0 Å². The molecular formula is C16H11ClN4O3. The summed E-state index contributed by atoms with van der Waals surface area (Å²) in [4.78, 5) is 40.4. The lowest BCUT2D eigenvalue weighted by Gasteiger charge is -2.08. The largest absolute Gasteiger partial charge is 0.276 e. The fourth-order valence-electron chi connectivity index (χ4n) is 2.08. The van der Waals surface area contributed by atoms with Gasteiger partial charge in [-0.05, 0) is 24.3 Å². The molecule has 0 fully saturated rings. The molecule has 0 unspecified atom stereocenters. The Labute approximate surface area is 140 Å². The predicted molar refractivity (Wildman–Crippen MR) is 87.8 cm³/mol. The van der Waals surface area contributed by atoms with Crippen LogP contribution >= 0.6 is 11.6 Å². The molecule has 0 radical (unpaired) electrons. The summed E-state index contributed by atoms with van der Waals surface area (Å²) in [7, 11) is 0. The molecule has 0 spiro atoms. The summed E-state index contributed by atoms with van der Waals surface area (Å²) >= 11 is 5.91. The smallest absolute Gasteiger partial charge is 0.268 e. The first kappa shape index (κ1) is 15.7. The quantitative estimate of drug-likeness (QED) is 0.689. The van der Waals surface area contributed by atoms with Gasteiger partial charge >= 0.3 is 0 Å². The lowest BCUT2D eigenvalue weighted by atomic mass is 10.2. The van der Waals surface area contributed by atoms with Crippen LogP contribution in [0.2, 0.25) is 5.02 Å². The van der Waals surface area contributed by atoms with E-state index in [1.807, 2.05) is 0 Å². The summed E-state index contributed by atoms with van der Waals surface area (Å²) < 4.78 is 1.24. The van der Waals surface area contributed by atoms with Crippen LogP contribution in [0.1, 0.15) is 20.7 Å². The molecule has 2 aromatic heterocycles. The highest BCUT2D eigenvalue weighted by molar-refractivity contribution is 6.33. The van der Waals surface area contributed by atoms with Crippen LogP contribution in [0.4, 0.5) is 0 Å². The minimum Gasteiger partial charge on any atom is -0.268 e. The Hall–Kier alpha value is -3.19. The van der Waals surface area contributed by atoms with Crippen molar-refractivity contribution in [3.63, 3.8) is 0 Å². The highest BCUT2D eigenvalue weighted by Crippen LogP contribution is 2.14. The number of carbonyl (C=O) groups is 2. The summed E-state index contributed by atoms with van der Waals surface area (Å²) in [6.45, 7) is 0. The standard InChI is InChI=1S/C16H11ClN4O3/c17-12-6-2-1-5-10(12)14(22)19-20-15(23)11-9-18-13-7-3-4-8-21(13)16(11)24/h1-9H,(H,19,22)(H,20,23). The van der Waals surface area contributed by atoms with E-state index < -0.39 is 17.4 Å². The summed E-state index contributed by atoms with van der Waals surface area (Å²) in [5.41, 5.74) is 4.28. The van der Waals surface area contributed by atoms with Gasteiger partial charge in [0.05, 0.1) is 10.6 Å². The third kappa shape index (κ3) is 2.97. The van der Waals surface area contributed by atoms with E-state index in [9.17, 15) is 14.4 Å². The summed E-state index contributed by atoms with van der Waals surface area (Å²) in [6.07, 6.45) is 2.67. The number of benzene rings is 1. The molecule has 3 rings (SSSR count). The van der Waals surface area contributed by atoms with Crippen molar-refractivity contribution < 1.29 is 9.59 Å². The number of halogens is 1. The average Bonchev–Trinajstić information content (AvgIpc) is 2.60. The zero-order valence-electron chi connectivity index (χ0n) is 12.2. The van der Waals surface area contributed by atoms with Crippen LogP contribution in [-0.4, -0.2) is 21.2 Å². The molecule has 0 aliphatic rings. The first-order valence-electron chi connectivity index (χ1n) is 6.89. The number of nitrogens with zero attached hydrogens (tertiary/aromatic N) is 2. The second-order valence-electron chi connectivity index (χ2n) is 4.79. The van der Waals surface area contributed by atoms with Crippen LogP contribution < -0.4 is 16.4 Å². The number of pyridine rings is 1. The Morgan fingerprint density at radius 3 is 2.38 bits per heavy atom. The molecule has 2 amide bonds. The second-order valence-corrected chi connectivity index (χ2v) is 5.20. The number of carbonyl (C=O) groups excluding carboxylic acids is 2. The molecule has 120 valence electrons. The molecule has 0 saturated heterocycles. The minimum absolute atomic E-state index is 0.196. The summed E-state index contributed by atoms with van der Waals surface area (Å²) in [6, 6.07) is 11.4. The number of hydrazine groups is 1. The number of amides is 2. The number of hydrogen-bond acceptors (Lipinski definition) is 4. The van der Waals surface area contributed by atoms with Crippen LogP contribution in [0.15, 0.2) is 59.7 Å². The zero-order chi connectivity index (χ0) is 17.1. The normalized spacial score (nSPS) is 10.4. The van der Waals surface area contributed by atoms with Gasteiger partial charge in [-0.15, -0.1) is 0 Å². The number of fused-ring (bicyclic) bond motifs is 1. The lowest BCUT2D eigenvalue weighted by Crippen LogP contribution is -2.43. The lowest BCUT2D eigenvalue weighted by molar-refractivity contribution is 0.0845. The molecule has 7 nitrogen and oxygen atoms in total. The highest BCUT2D eigenvalue weighted by atomic mass is 35.5. The SMILES string of the molecule is O=C(NNC(=O)c1cnc2ccccn2c1=O)c1ccccc1Cl. The maximum Gasteiger partial charge on any atom is 0.276 e. The van der Waals surface area contributed by atoms with Crippen molar-refractivity contribution in [3.8, 4) is 0 Å². The van der Waals surface area contributed by atoms with Crippen LogP contribution in [0.3, 0.4) is 0 Å². The molecule has 0 aliphatic heterocycles. The molecule has 3 aromatic rings. The second kappa shape index (κ2) is 6.51. The number of nitrogens with one attached hydrogen (secondary N) is 2. The first-order chi connectivity index (χ1) is 11.6. The monoisotopic (exact) mass is 342 g/mol. The minimum atomic E-state index is -0.772. The average molecular weight is 343 g/mol. The fraction of sp³-hybridized carbons (Fsp3) is 0. The van der Waals surface area contributed by atoms with Crippen LogP contribution in [0, 0.1) is 0 Å². The molecule has 0 atom stereocenters. The maximum atomic E-state index is 12.3. The van der Waals surface area contributed by atoms with Gasteiger partial charge in [0.2, 0.25) is 0 Å². The molecule has 0 saturated carbocycles. The van der Waals surface area contributed by atoms with E-state index in [0.29, 0.717) is 5.65 Å². The Bertz CT molecular complexity index is 1000. The molecule has 0 bridgehead atoms.